The number of fused-ring (bicyclic) bond motifs is 1. The molecule has 0 radical (unpaired) electrons. The van der Waals surface area contributed by atoms with Crippen molar-refractivity contribution in [2.45, 2.75) is 33.3 Å². The smallest absolute Gasteiger partial charge is 0.310 e. The third kappa shape index (κ3) is 2.06. The van der Waals surface area contributed by atoms with Crippen LogP contribution in [-0.4, -0.2) is 35.5 Å². The molecule has 2 atom stereocenters. The van der Waals surface area contributed by atoms with E-state index in [2.05, 4.69) is 0 Å². The molecule has 1 heterocycles. The van der Waals surface area contributed by atoms with Gasteiger partial charge in [-0.3, -0.25) is 9.59 Å². The fourth-order valence-corrected chi connectivity index (χ4v) is 2.50. The maximum absolute atomic E-state index is 11.8. The van der Waals surface area contributed by atoms with Crippen molar-refractivity contribution in [2.24, 2.45) is 17.8 Å². The zero-order chi connectivity index (χ0) is 12.1. The molecule has 0 aromatic heterocycles. The van der Waals surface area contributed by atoms with Crippen LogP contribution in [0, 0.1) is 17.8 Å². The van der Waals surface area contributed by atoms with E-state index in [1.54, 1.807) is 6.92 Å². The van der Waals surface area contributed by atoms with Crippen molar-refractivity contribution in [3.05, 3.63) is 0 Å². The van der Waals surface area contributed by atoms with Crippen LogP contribution in [0.3, 0.4) is 0 Å². The van der Waals surface area contributed by atoms with E-state index in [0.717, 1.165) is 13.1 Å². The average Bonchev–Trinajstić information content (AvgIpc) is 2.59. The molecule has 0 N–H and O–H groups in total. The molecule has 0 bridgehead atoms. The van der Waals surface area contributed by atoms with E-state index < -0.39 is 5.60 Å². The van der Waals surface area contributed by atoms with E-state index >= 15 is 0 Å². The number of esters is 1. The number of amides is 1. The molecule has 90 valence electrons. The van der Waals surface area contributed by atoms with E-state index in [1.807, 2.05) is 25.7 Å². The highest BCUT2D eigenvalue weighted by Crippen LogP contribution is 2.52. The second-order valence-corrected chi connectivity index (χ2v) is 5.81. The first-order chi connectivity index (χ1) is 7.29. The Bertz CT molecular complexity index is 320. The first-order valence-corrected chi connectivity index (χ1v) is 5.78. The standard InChI is InChI=1S/C12H19NO3/c1-7(14)13-5-8-9(6-13)10(8)11(15)16-12(2,3)4/h8-10H,5-6H2,1-4H3. The Morgan fingerprint density at radius 3 is 2.06 bits per heavy atom. The van der Waals surface area contributed by atoms with Gasteiger partial charge in [-0.2, -0.15) is 0 Å². The summed E-state index contributed by atoms with van der Waals surface area (Å²) in [5, 5.41) is 0. The molecule has 0 aromatic rings. The molecule has 2 fully saturated rings. The molecule has 16 heavy (non-hydrogen) atoms. The van der Waals surface area contributed by atoms with Gasteiger partial charge in [0.1, 0.15) is 5.60 Å². The van der Waals surface area contributed by atoms with E-state index in [0.29, 0.717) is 11.8 Å². The van der Waals surface area contributed by atoms with Crippen LogP contribution >= 0.6 is 0 Å². The SMILES string of the molecule is CC(=O)N1CC2C(C1)C2C(=O)OC(C)(C)C. The second-order valence-electron chi connectivity index (χ2n) is 5.81. The van der Waals surface area contributed by atoms with Crippen LogP contribution in [0.4, 0.5) is 0 Å². The summed E-state index contributed by atoms with van der Waals surface area (Å²) in [6, 6.07) is 0. The number of piperidine rings is 1. The van der Waals surface area contributed by atoms with Gasteiger partial charge in [0.2, 0.25) is 5.91 Å². The lowest BCUT2D eigenvalue weighted by Crippen LogP contribution is -2.32. The molecule has 1 saturated heterocycles. The molecule has 2 unspecified atom stereocenters. The number of hydrogen-bond acceptors (Lipinski definition) is 3. The lowest BCUT2D eigenvalue weighted by Gasteiger charge is -2.22. The summed E-state index contributed by atoms with van der Waals surface area (Å²) in [5.41, 5.74) is -0.408. The third-order valence-electron chi connectivity index (χ3n) is 3.32. The molecule has 4 nitrogen and oxygen atoms in total. The van der Waals surface area contributed by atoms with Crippen molar-refractivity contribution in [3.8, 4) is 0 Å². The lowest BCUT2D eigenvalue weighted by atomic mass is 10.2. The van der Waals surface area contributed by atoms with Crippen molar-refractivity contribution in [1.29, 1.82) is 0 Å². The summed E-state index contributed by atoms with van der Waals surface area (Å²) in [7, 11) is 0. The van der Waals surface area contributed by atoms with Crippen LogP contribution < -0.4 is 0 Å². The first-order valence-electron chi connectivity index (χ1n) is 5.78. The Balaban J connectivity index is 1.86. The van der Waals surface area contributed by atoms with Crippen LogP contribution in [0.1, 0.15) is 27.7 Å². The minimum Gasteiger partial charge on any atom is -0.460 e. The summed E-state index contributed by atoms with van der Waals surface area (Å²) in [6.07, 6.45) is 0. The van der Waals surface area contributed by atoms with Gasteiger partial charge in [0.05, 0.1) is 5.92 Å². The summed E-state index contributed by atoms with van der Waals surface area (Å²) < 4.78 is 5.35. The number of likely N-dealkylation sites (tertiary alicyclic amines) is 1. The van der Waals surface area contributed by atoms with E-state index in [1.165, 1.54) is 0 Å². The summed E-state index contributed by atoms with van der Waals surface area (Å²) in [6.45, 7) is 8.67. The van der Waals surface area contributed by atoms with Crippen LogP contribution in [-0.2, 0) is 14.3 Å². The van der Waals surface area contributed by atoms with Gasteiger partial charge in [-0.05, 0) is 32.6 Å². The topological polar surface area (TPSA) is 46.6 Å². The van der Waals surface area contributed by atoms with Crippen molar-refractivity contribution in [3.63, 3.8) is 0 Å². The molecule has 1 aliphatic heterocycles. The number of ether oxygens (including phenoxy) is 1. The minimum atomic E-state index is -0.408. The number of carbonyl (C=O) groups excluding carboxylic acids is 2. The fraction of sp³-hybridized carbons (Fsp3) is 0.833. The maximum atomic E-state index is 11.8. The largest absolute Gasteiger partial charge is 0.460 e. The summed E-state index contributed by atoms with van der Waals surface area (Å²) in [5.74, 6) is 0.744. The van der Waals surface area contributed by atoms with Crippen molar-refractivity contribution >= 4 is 11.9 Å². The molecule has 2 rings (SSSR count). The van der Waals surface area contributed by atoms with Gasteiger partial charge < -0.3 is 9.64 Å². The summed E-state index contributed by atoms with van der Waals surface area (Å²) in [4.78, 5) is 24.7. The highest BCUT2D eigenvalue weighted by Gasteiger charge is 2.61. The molecule has 2 aliphatic rings. The Kier molecular flexibility index (Phi) is 2.48. The number of nitrogens with zero attached hydrogens (tertiary/aromatic N) is 1. The average molecular weight is 225 g/mol. The Morgan fingerprint density at radius 2 is 1.69 bits per heavy atom. The number of carbonyl (C=O) groups is 2. The van der Waals surface area contributed by atoms with Gasteiger partial charge in [0.15, 0.2) is 0 Å². The number of rotatable bonds is 1. The van der Waals surface area contributed by atoms with E-state index in [4.69, 9.17) is 4.74 Å². The Hall–Kier alpha value is -1.06. The molecular formula is C12H19NO3. The van der Waals surface area contributed by atoms with Crippen molar-refractivity contribution in [1.82, 2.24) is 4.90 Å². The molecule has 1 saturated carbocycles. The summed E-state index contributed by atoms with van der Waals surface area (Å²) >= 11 is 0. The predicted octanol–water partition coefficient (Wildman–Crippen LogP) is 1.05. The maximum Gasteiger partial charge on any atom is 0.310 e. The quantitative estimate of drug-likeness (QED) is 0.627. The Labute approximate surface area is 95.9 Å². The zero-order valence-electron chi connectivity index (χ0n) is 10.3. The van der Waals surface area contributed by atoms with Gasteiger partial charge in [0, 0.05) is 20.0 Å². The van der Waals surface area contributed by atoms with Crippen LogP contribution in [0.5, 0.6) is 0 Å². The zero-order valence-corrected chi connectivity index (χ0v) is 10.3. The predicted molar refractivity (Wildman–Crippen MR) is 58.6 cm³/mol. The van der Waals surface area contributed by atoms with Crippen molar-refractivity contribution in [2.75, 3.05) is 13.1 Å². The van der Waals surface area contributed by atoms with Gasteiger partial charge >= 0.3 is 5.97 Å². The number of hydrogen-bond donors (Lipinski definition) is 0. The van der Waals surface area contributed by atoms with Crippen molar-refractivity contribution < 1.29 is 14.3 Å². The van der Waals surface area contributed by atoms with Crippen LogP contribution in [0.25, 0.3) is 0 Å². The highest BCUT2D eigenvalue weighted by molar-refractivity contribution is 5.79. The van der Waals surface area contributed by atoms with Crippen LogP contribution in [0.2, 0.25) is 0 Å². The van der Waals surface area contributed by atoms with Gasteiger partial charge in [-0.25, -0.2) is 0 Å². The highest BCUT2D eigenvalue weighted by atomic mass is 16.6. The van der Waals surface area contributed by atoms with Gasteiger partial charge in [0.25, 0.3) is 0 Å². The van der Waals surface area contributed by atoms with E-state index in [-0.39, 0.29) is 17.8 Å². The molecule has 1 aliphatic carbocycles. The molecule has 4 heteroatoms. The monoisotopic (exact) mass is 225 g/mol. The Morgan fingerprint density at radius 1 is 1.19 bits per heavy atom. The fourth-order valence-electron chi connectivity index (χ4n) is 2.50. The second kappa shape index (κ2) is 3.47. The third-order valence-corrected chi connectivity index (χ3v) is 3.32. The molecule has 0 spiro atoms. The normalized spacial score (nSPS) is 32.2. The first kappa shape index (κ1) is 11.4. The molecular weight excluding hydrogens is 206 g/mol. The van der Waals surface area contributed by atoms with E-state index in [9.17, 15) is 9.59 Å². The van der Waals surface area contributed by atoms with Crippen LogP contribution in [0.15, 0.2) is 0 Å². The minimum absolute atomic E-state index is 0.0369. The molecule has 1 amide bonds. The lowest BCUT2D eigenvalue weighted by molar-refractivity contribution is -0.158. The van der Waals surface area contributed by atoms with Gasteiger partial charge in [-0.15, -0.1) is 0 Å². The molecule has 0 aromatic carbocycles. The van der Waals surface area contributed by atoms with Gasteiger partial charge in [-0.1, -0.05) is 0 Å².